The van der Waals surface area contributed by atoms with Gasteiger partial charge in [-0.1, -0.05) is 48.5 Å². The highest BCUT2D eigenvalue weighted by Crippen LogP contribution is 2.32. The summed E-state index contributed by atoms with van der Waals surface area (Å²) in [6.45, 7) is 3.81. The van der Waals surface area contributed by atoms with Crippen molar-refractivity contribution in [2.24, 2.45) is 0 Å². The Kier molecular flexibility index (Phi) is 2.94. The summed E-state index contributed by atoms with van der Waals surface area (Å²) in [5.41, 5.74) is 0.842. The smallest absolute Gasteiger partial charge is 0.175 e. The first-order valence-electron chi connectivity index (χ1n) is 6.68. The number of fused-ring (bicyclic) bond motifs is 1. The van der Waals surface area contributed by atoms with E-state index in [0.29, 0.717) is 11.3 Å². The Bertz CT molecular complexity index is 718. The molecule has 0 bridgehead atoms. The Hall–Kier alpha value is -2.35. The fourth-order valence-electron chi connectivity index (χ4n) is 2.35. The highest BCUT2D eigenvalue weighted by molar-refractivity contribution is 6.03. The molecule has 0 aliphatic carbocycles. The van der Waals surface area contributed by atoms with Crippen molar-refractivity contribution < 1.29 is 9.21 Å². The van der Waals surface area contributed by atoms with Crippen molar-refractivity contribution in [1.29, 1.82) is 0 Å². The zero-order chi connectivity index (χ0) is 14.2. The summed E-state index contributed by atoms with van der Waals surface area (Å²) in [5.74, 6) is 0.768. The number of Topliss-reactive ketones (excluding diaryl/α,β-unsaturated/α-hetero) is 1. The molecule has 0 saturated heterocycles. The van der Waals surface area contributed by atoms with E-state index >= 15 is 0 Å². The van der Waals surface area contributed by atoms with Crippen molar-refractivity contribution in [3.63, 3.8) is 0 Å². The fraction of sp³-hybridized carbons (Fsp3) is 0.167. The maximum Gasteiger partial charge on any atom is 0.175 e. The van der Waals surface area contributed by atoms with Crippen LogP contribution in [0.2, 0.25) is 0 Å². The lowest BCUT2D eigenvalue weighted by molar-refractivity contribution is 0.0893. The number of carbonyl (C=O) groups excluding carboxylic acids is 1. The molecule has 1 aromatic heterocycles. The first-order valence-corrected chi connectivity index (χ1v) is 6.68. The highest BCUT2D eigenvalue weighted by Gasteiger charge is 2.33. The highest BCUT2D eigenvalue weighted by atomic mass is 16.3. The summed E-state index contributed by atoms with van der Waals surface area (Å²) in [6.07, 6.45) is 0. The number of carbonyl (C=O) groups is 1. The quantitative estimate of drug-likeness (QED) is 0.647. The van der Waals surface area contributed by atoms with Crippen LogP contribution in [-0.2, 0) is 5.41 Å². The van der Waals surface area contributed by atoms with Gasteiger partial charge in [-0.15, -0.1) is 0 Å². The molecule has 100 valence electrons. The van der Waals surface area contributed by atoms with E-state index in [2.05, 4.69) is 0 Å². The fourth-order valence-corrected chi connectivity index (χ4v) is 2.35. The monoisotopic (exact) mass is 264 g/mol. The molecular weight excluding hydrogens is 248 g/mol. The Morgan fingerprint density at radius 1 is 0.950 bits per heavy atom. The molecule has 0 saturated carbocycles. The Balaban J connectivity index is 2.05. The molecule has 0 amide bonds. The van der Waals surface area contributed by atoms with Crippen molar-refractivity contribution in [2.75, 3.05) is 0 Å². The van der Waals surface area contributed by atoms with E-state index in [1.165, 1.54) is 0 Å². The lowest BCUT2D eigenvalue weighted by atomic mass is 9.82. The van der Waals surface area contributed by atoms with Crippen LogP contribution in [0, 0.1) is 0 Å². The number of para-hydroxylation sites is 1. The van der Waals surface area contributed by atoms with E-state index in [1.807, 2.05) is 74.5 Å². The van der Waals surface area contributed by atoms with Gasteiger partial charge < -0.3 is 4.42 Å². The number of benzene rings is 2. The normalized spacial score (nSPS) is 11.7. The van der Waals surface area contributed by atoms with Crippen LogP contribution >= 0.6 is 0 Å². The van der Waals surface area contributed by atoms with E-state index in [-0.39, 0.29) is 5.78 Å². The van der Waals surface area contributed by atoms with Crippen LogP contribution in [0.3, 0.4) is 0 Å². The number of hydrogen-bond donors (Lipinski definition) is 0. The van der Waals surface area contributed by atoms with Crippen molar-refractivity contribution in [2.45, 2.75) is 19.3 Å². The van der Waals surface area contributed by atoms with Crippen LogP contribution in [-0.4, -0.2) is 5.78 Å². The molecule has 0 unspecified atom stereocenters. The molecule has 0 fully saturated rings. The Morgan fingerprint density at radius 2 is 1.60 bits per heavy atom. The molecule has 20 heavy (non-hydrogen) atoms. The molecule has 2 aromatic carbocycles. The zero-order valence-electron chi connectivity index (χ0n) is 11.6. The van der Waals surface area contributed by atoms with Crippen LogP contribution in [0.25, 0.3) is 11.0 Å². The van der Waals surface area contributed by atoms with E-state index < -0.39 is 5.41 Å². The minimum atomic E-state index is -0.680. The molecule has 3 aromatic rings. The second-order valence-electron chi connectivity index (χ2n) is 5.47. The molecule has 0 atom stereocenters. The molecule has 0 aliphatic heterocycles. The summed E-state index contributed by atoms with van der Waals surface area (Å²) in [5, 5.41) is 1.02. The van der Waals surface area contributed by atoms with Gasteiger partial charge in [0.15, 0.2) is 5.78 Å². The largest absolute Gasteiger partial charge is 0.460 e. The zero-order valence-corrected chi connectivity index (χ0v) is 11.6. The predicted octanol–water partition coefficient (Wildman–Crippen LogP) is 4.59. The average molecular weight is 264 g/mol. The summed E-state index contributed by atoms with van der Waals surface area (Å²) in [4.78, 5) is 12.7. The van der Waals surface area contributed by atoms with Crippen LogP contribution in [0.15, 0.2) is 65.1 Å². The van der Waals surface area contributed by atoms with Crippen LogP contribution in [0.5, 0.6) is 0 Å². The van der Waals surface area contributed by atoms with Gasteiger partial charge in [0.25, 0.3) is 0 Å². The van der Waals surface area contributed by atoms with Crippen molar-refractivity contribution in [3.05, 3.63) is 72.0 Å². The van der Waals surface area contributed by atoms with Crippen molar-refractivity contribution in [1.82, 2.24) is 0 Å². The average Bonchev–Trinajstić information content (AvgIpc) is 2.92. The molecule has 0 spiro atoms. The van der Waals surface area contributed by atoms with E-state index in [4.69, 9.17) is 4.42 Å². The van der Waals surface area contributed by atoms with Gasteiger partial charge in [-0.05, 0) is 26.0 Å². The lowest BCUT2D eigenvalue weighted by Crippen LogP contribution is -2.28. The first-order chi connectivity index (χ1) is 9.59. The first kappa shape index (κ1) is 12.7. The summed E-state index contributed by atoms with van der Waals surface area (Å²) in [6, 6.07) is 19.1. The topological polar surface area (TPSA) is 30.2 Å². The number of furan rings is 1. The second kappa shape index (κ2) is 4.64. The van der Waals surface area contributed by atoms with Crippen LogP contribution in [0.4, 0.5) is 0 Å². The Morgan fingerprint density at radius 3 is 2.30 bits per heavy atom. The van der Waals surface area contributed by atoms with Crippen LogP contribution < -0.4 is 0 Å². The summed E-state index contributed by atoms with van der Waals surface area (Å²) < 4.78 is 5.85. The van der Waals surface area contributed by atoms with E-state index in [0.717, 1.165) is 11.0 Å². The van der Waals surface area contributed by atoms with Crippen molar-refractivity contribution in [3.8, 4) is 0 Å². The van der Waals surface area contributed by atoms with Gasteiger partial charge >= 0.3 is 0 Å². The van der Waals surface area contributed by atoms with Gasteiger partial charge in [0, 0.05) is 10.9 Å². The molecular formula is C18H16O2. The van der Waals surface area contributed by atoms with Gasteiger partial charge in [0.2, 0.25) is 0 Å². The van der Waals surface area contributed by atoms with E-state index in [1.54, 1.807) is 0 Å². The van der Waals surface area contributed by atoms with Crippen LogP contribution in [0.1, 0.15) is 30.0 Å². The SMILES string of the molecule is CC(C)(C(=O)c1ccccc1)c1cc2ccccc2o1. The minimum Gasteiger partial charge on any atom is -0.460 e. The maximum absolute atomic E-state index is 12.7. The summed E-state index contributed by atoms with van der Waals surface area (Å²) in [7, 11) is 0. The summed E-state index contributed by atoms with van der Waals surface area (Å²) >= 11 is 0. The third kappa shape index (κ3) is 2.03. The third-order valence-electron chi connectivity index (χ3n) is 3.65. The minimum absolute atomic E-state index is 0.0668. The molecule has 3 rings (SSSR count). The molecule has 2 heteroatoms. The predicted molar refractivity (Wildman–Crippen MR) is 80.0 cm³/mol. The molecule has 0 N–H and O–H groups in total. The van der Waals surface area contributed by atoms with Crippen molar-refractivity contribution >= 4 is 16.8 Å². The lowest BCUT2D eigenvalue weighted by Gasteiger charge is -2.20. The molecule has 1 heterocycles. The van der Waals surface area contributed by atoms with Gasteiger partial charge in [-0.2, -0.15) is 0 Å². The molecule has 2 nitrogen and oxygen atoms in total. The number of rotatable bonds is 3. The standard InChI is InChI=1S/C18H16O2/c1-18(2,17(19)13-8-4-3-5-9-13)16-12-14-10-6-7-11-15(14)20-16/h3-12H,1-2H3. The van der Waals surface area contributed by atoms with E-state index in [9.17, 15) is 4.79 Å². The number of ketones is 1. The number of hydrogen-bond acceptors (Lipinski definition) is 2. The Labute approximate surface area is 118 Å². The van der Waals surface area contributed by atoms with Gasteiger partial charge in [0.1, 0.15) is 11.3 Å². The third-order valence-corrected chi connectivity index (χ3v) is 3.65. The second-order valence-corrected chi connectivity index (χ2v) is 5.47. The van der Waals surface area contributed by atoms with Gasteiger partial charge in [-0.3, -0.25) is 4.79 Å². The molecule has 0 radical (unpaired) electrons. The molecule has 0 aliphatic rings. The maximum atomic E-state index is 12.7. The van der Waals surface area contributed by atoms with Gasteiger partial charge in [0.05, 0.1) is 5.41 Å². The van der Waals surface area contributed by atoms with Gasteiger partial charge in [-0.25, -0.2) is 0 Å².